The first-order valence-corrected chi connectivity index (χ1v) is 24.9. The molecule has 0 aliphatic rings. The van der Waals surface area contributed by atoms with Crippen molar-refractivity contribution in [2.24, 2.45) is 0 Å². The van der Waals surface area contributed by atoms with Crippen molar-refractivity contribution in [3.8, 4) is 0 Å². The maximum atomic E-state index is 4.87. The Morgan fingerprint density at radius 2 is 1.22 bits per heavy atom. The van der Waals surface area contributed by atoms with Crippen molar-refractivity contribution in [2.45, 2.75) is 72.1 Å². The molecule has 1 aromatic rings. The van der Waals surface area contributed by atoms with Crippen LogP contribution in [0.4, 0.5) is 0 Å². The van der Waals surface area contributed by atoms with Gasteiger partial charge in [0.25, 0.3) is 0 Å². The molecule has 0 aliphatic heterocycles. The second kappa shape index (κ2) is 9.89. The van der Waals surface area contributed by atoms with E-state index >= 15 is 0 Å². The molecule has 0 bridgehead atoms. The van der Waals surface area contributed by atoms with Crippen molar-refractivity contribution < 1.29 is 0 Å². The van der Waals surface area contributed by atoms with Crippen molar-refractivity contribution >= 4 is 36.8 Å². The second-order valence-electron chi connectivity index (χ2n) is 7.13. The van der Waals surface area contributed by atoms with Crippen molar-refractivity contribution in [3.05, 3.63) is 46.1 Å². The molecular weight excluding hydrogens is 490 g/mol. The Morgan fingerprint density at radius 1 is 0.783 bits per heavy atom. The van der Waals surface area contributed by atoms with Crippen LogP contribution in [0.15, 0.2) is 40.5 Å². The van der Waals surface area contributed by atoms with Gasteiger partial charge >= 0.3 is 155 Å². The molecule has 2 heteroatoms. The van der Waals surface area contributed by atoms with Gasteiger partial charge in [-0.2, -0.15) is 0 Å². The number of benzene rings is 1. The Morgan fingerprint density at radius 3 is 1.57 bits per heavy atom. The Bertz CT molecular complexity index is 453. The van der Waals surface area contributed by atoms with Gasteiger partial charge in [-0.1, -0.05) is 0 Å². The van der Waals surface area contributed by atoms with Crippen molar-refractivity contribution in [3.63, 3.8) is 0 Å². The molecular formula is C21H38Sn2. The third-order valence-electron chi connectivity index (χ3n) is 6.92. The summed E-state index contributed by atoms with van der Waals surface area (Å²) in [5.74, 6) is 0. The molecule has 0 radical (unpaired) electrons. The van der Waals surface area contributed by atoms with Gasteiger partial charge in [-0.25, -0.2) is 0 Å². The van der Waals surface area contributed by atoms with Crippen LogP contribution in [0, 0.1) is 0 Å². The number of rotatable bonds is 10. The van der Waals surface area contributed by atoms with E-state index in [-0.39, 0.29) is 0 Å². The summed E-state index contributed by atoms with van der Waals surface area (Å²) >= 11 is -4.47. The summed E-state index contributed by atoms with van der Waals surface area (Å²) in [6.07, 6.45) is 0. The van der Waals surface area contributed by atoms with Gasteiger partial charge in [-0.3, -0.25) is 0 Å². The first kappa shape index (κ1) is 21.6. The normalized spacial score (nSPS) is 13.8. The van der Waals surface area contributed by atoms with E-state index in [1.54, 1.807) is 9.15 Å². The first-order chi connectivity index (χ1) is 11.0. The second-order valence-corrected chi connectivity index (χ2v) is 37.8. The minimum absolute atomic E-state index is 0.765. The summed E-state index contributed by atoms with van der Waals surface area (Å²) < 4.78 is 11.2. The van der Waals surface area contributed by atoms with Crippen LogP contribution in [0.1, 0.15) is 51.0 Å². The summed E-state index contributed by atoms with van der Waals surface area (Å²) in [6.45, 7) is 19.7. The zero-order valence-electron chi connectivity index (χ0n) is 16.4. The van der Waals surface area contributed by atoms with E-state index in [0.29, 0.717) is 0 Å². The van der Waals surface area contributed by atoms with Gasteiger partial charge < -0.3 is 0 Å². The minimum atomic E-state index is -2.24. The monoisotopic (exact) mass is 530 g/mol. The van der Waals surface area contributed by atoms with E-state index in [9.17, 15) is 0 Å². The standard InChI is InChI=1S/C9H8.6C2H5.2Sn/c1-2-6-9-7-4-3-5-8-9;6*1-2;;/h3-8H,1H2;6*1H2,2H3;;. The van der Waals surface area contributed by atoms with Gasteiger partial charge in [0.05, 0.1) is 0 Å². The van der Waals surface area contributed by atoms with Crippen molar-refractivity contribution in [1.82, 2.24) is 0 Å². The predicted octanol–water partition coefficient (Wildman–Crippen LogP) is 7.42. The molecule has 0 spiro atoms. The Balaban J connectivity index is 3.49. The van der Waals surface area contributed by atoms with Crippen molar-refractivity contribution in [1.29, 1.82) is 0 Å². The summed E-state index contributed by atoms with van der Waals surface area (Å²) in [6, 6.07) is 11.5. The van der Waals surface area contributed by atoms with Crippen LogP contribution in [-0.4, -0.2) is 36.8 Å². The fraction of sp³-hybridized carbons (Fsp3) is 0.619. The zero-order valence-corrected chi connectivity index (χ0v) is 22.1. The molecule has 0 heterocycles. The van der Waals surface area contributed by atoms with Crippen LogP contribution in [-0.2, 0) is 0 Å². The molecule has 130 valence electrons. The first-order valence-electron chi connectivity index (χ1n) is 9.74. The van der Waals surface area contributed by atoms with Crippen LogP contribution in [0.2, 0.25) is 26.6 Å². The number of allylic oxidation sites excluding steroid dienone is 1. The molecule has 0 amide bonds. The molecule has 0 saturated carbocycles. The van der Waals surface area contributed by atoms with Gasteiger partial charge in [0.15, 0.2) is 0 Å². The molecule has 1 atom stereocenters. The average Bonchev–Trinajstić information content (AvgIpc) is 2.62. The van der Waals surface area contributed by atoms with Gasteiger partial charge in [-0.05, 0) is 0 Å². The van der Waals surface area contributed by atoms with Gasteiger partial charge in [0, 0.05) is 0 Å². The zero-order chi connectivity index (χ0) is 17.5. The van der Waals surface area contributed by atoms with E-state index in [2.05, 4.69) is 71.9 Å². The summed E-state index contributed by atoms with van der Waals surface area (Å²) in [4.78, 5) is 0. The Hall–Kier alpha value is 0.557. The number of hydrogen-bond donors (Lipinski definition) is 0. The quantitative estimate of drug-likeness (QED) is 0.278. The SMILES string of the molecule is C=[C]([CH](c1ccccc1)[Sn]([CH2]C)([CH2]C)[CH2]C)[Sn]([CH2]C)([CH2]C)[CH2]C. The van der Waals surface area contributed by atoms with Gasteiger partial charge in [0.1, 0.15) is 0 Å². The van der Waals surface area contributed by atoms with Gasteiger partial charge in [0.2, 0.25) is 0 Å². The fourth-order valence-corrected chi connectivity index (χ4v) is 39.2. The molecule has 0 aromatic heterocycles. The molecule has 1 unspecified atom stereocenters. The fourth-order valence-electron chi connectivity index (χ4n) is 4.67. The molecule has 0 saturated heterocycles. The molecule has 23 heavy (non-hydrogen) atoms. The van der Waals surface area contributed by atoms with E-state index < -0.39 is 36.8 Å². The average molecular weight is 528 g/mol. The summed E-state index contributed by atoms with van der Waals surface area (Å²) in [7, 11) is 0. The van der Waals surface area contributed by atoms with E-state index in [4.69, 9.17) is 6.58 Å². The molecule has 0 aliphatic carbocycles. The third-order valence-corrected chi connectivity index (χ3v) is 43.1. The predicted molar refractivity (Wildman–Crippen MR) is 113 cm³/mol. The van der Waals surface area contributed by atoms with E-state index in [1.807, 2.05) is 0 Å². The Kier molecular flexibility index (Phi) is 9.29. The van der Waals surface area contributed by atoms with Crippen LogP contribution in [0.25, 0.3) is 0 Å². The topological polar surface area (TPSA) is 0 Å². The molecule has 0 N–H and O–H groups in total. The molecule has 1 aromatic carbocycles. The summed E-state index contributed by atoms with van der Waals surface area (Å²) in [5.41, 5.74) is 1.61. The van der Waals surface area contributed by atoms with Gasteiger partial charge in [-0.15, -0.1) is 0 Å². The third kappa shape index (κ3) is 4.40. The van der Waals surface area contributed by atoms with Crippen LogP contribution >= 0.6 is 0 Å². The van der Waals surface area contributed by atoms with E-state index in [1.165, 1.54) is 26.6 Å². The Labute approximate surface area is 153 Å². The maximum absolute atomic E-state index is 4.87. The molecule has 0 fully saturated rings. The summed E-state index contributed by atoms with van der Waals surface area (Å²) in [5, 5.41) is 0. The van der Waals surface area contributed by atoms with Crippen LogP contribution < -0.4 is 0 Å². The number of hydrogen-bond acceptors (Lipinski definition) is 0. The van der Waals surface area contributed by atoms with Crippen molar-refractivity contribution in [2.75, 3.05) is 0 Å². The van der Waals surface area contributed by atoms with Crippen LogP contribution in [0.3, 0.4) is 0 Å². The van der Waals surface area contributed by atoms with Crippen LogP contribution in [0.5, 0.6) is 0 Å². The molecule has 0 nitrogen and oxygen atoms in total. The van der Waals surface area contributed by atoms with E-state index in [0.717, 1.165) is 3.93 Å². The molecule has 1 rings (SSSR count).